The molecule has 0 radical (unpaired) electrons. The Balaban J connectivity index is 0.000000316. The van der Waals surface area contributed by atoms with Gasteiger partial charge in [-0.3, -0.25) is 30.3 Å². The number of phenols is 1. The van der Waals surface area contributed by atoms with E-state index in [1.165, 1.54) is 18.2 Å². The number of anilines is 2. The summed E-state index contributed by atoms with van der Waals surface area (Å²) >= 11 is 0. The maximum atomic E-state index is 10.6. The van der Waals surface area contributed by atoms with E-state index in [1.807, 2.05) is 0 Å². The van der Waals surface area contributed by atoms with Gasteiger partial charge in [-0.1, -0.05) is 0 Å². The molecule has 0 aliphatic heterocycles. The van der Waals surface area contributed by atoms with Crippen molar-refractivity contribution in [1.29, 1.82) is 0 Å². The van der Waals surface area contributed by atoms with E-state index in [-0.39, 0.29) is 31.3 Å². The highest BCUT2D eigenvalue weighted by molar-refractivity contribution is 5.68. The minimum Gasteiger partial charge on any atom is -0.501 e. The molecule has 31 heavy (non-hydrogen) atoms. The van der Waals surface area contributed by atoms with Crippen LogP contribution < -0.4 is 15.8 Å². The number of benzene rings is 2. The summed E-state index contributed by atoms with van der Waals surface area (Å²) in [4.78, 5) is 28.9. The lowest BCUT2D eigenvalue weighted by atomic mass is 10.2. The van der Waals surface area contributed by atoms with E-state index in [4.69, 9.17) is 25.8 Å². The van der Waals surface area contributed by atoms with E-state index in [0.29, 0.717) is 18.3 Å². The monoisotopic (exact) mass is 441 g/mol. The minimum absolute atomic E-state index is 0.0506. The zero-order valence-corrected chi connectivity index (χ0v) is 15.8. The summed E-state index contributed by atoms with van der Waals surface area (Å²) in [5, 5.41) is 60.5. The van der Waals surface area contributed by atoms with Gasteiger partial charge in [0.2, 0.25) is 5.75 Å². The van der Waals surface area contributed by atoms with Crippen LogP contribution in [0.4, 0.5) is 28.4 Å². The van der Waals surface area contributed by atoms with E-state index in [9.17, 15) is 30.3 Å². The number of aliphatic hydroxyl groups is 2. The van der Waals surface area contributed by atoms with Gasteiger partial charge in [-0.25, -0.2) is 0 Å². The molecule has 0 amide bonds. The third-order valence-electron chi connectivity index (χ3n) is 3.46. The minimum atomic E-state index is -0.946. The molecule has 168 valence electrons. The summed E-state index contributed by atoms with van der Waals surface area (Å²) in [6.07, 6.45) is 0. The van der Waals surface area contributed by atoms with Crippen LogP contribution in [-0.4, -0.2) is 56.5 Å². The van der Waals surface area contributed by atoms with Crippen LogP contribution in [-0.2, 0) is 0 Å². The number of hydrogen-bond donors (Lipinski definition) is 5. The topological polar surface area (TPSA) is 237 Å². The number of hydrogen-bond acceptors (Lipinski definition) is 12. The van der Waals surface area contributed by atoms with Gasteiger partial charge in [-0.05, 0) is 6.07 Å². The number of rotatable bonds is 9. The molecule has 0 aliphatic carbocycles. The molecule has 0 atom stereocenters. The number of aromatic hydroxyl groups is 1. The fraction of sp³-hybridized carbons (Fsp3) is 0.250. The fourth-order valence-corrected chi connectivity index (χ4v) is 2.11. The Labute approximate surface area is 173 Å². The Bertz CT molecular complexity index is 953. The van der Waals surface area contributed by atoms with Crippen molar-refractivity contribution in [3.05, 3.63) is 60.7 Å². The molecular formula is C16H19N5O10. The number of nitrogens with two attached hydrogens (primary N) is 1. The van der Waals surface area contributed by atoms with Crippen molar-refractivity contribution in [2.45, 2.75) is 0 Å². The molecule has 0 fully saturated rings. The van der Waals surface area contributed by atoms with E-state index in [0.717, 1.165) is 6.07 Å². The number of non-ortho nitro benzene ring substituents is 2. The second-order valence-electron chi connectivity index (χ2n) is 5.58. The lowest BCUT2D eigenvalue weighted by Crippen LogP contribution is -2.09. The average Bonchev–Trinajstić information content (AvgIpc) is 2.72. The molecule has 6 N–H and O–H groups in total. The highest BCUT2D eigenvalue weighted by Crippen LogP contribution is 2.35. The molecule has 0 aromatic heterocycles. The zero-order chi connectivity index (χ0) is 23.6. The van der Waals surface area contributed by atoms with Gasteiger partial charge < -0.3 is 31.1 Å². The SMILES string of the molecule is Nc1cc([N+](=O)[O-])cc([N+](=O)[O-])c1O.O=[N+]([O-])c1ccc(NCCO)c(OCCO)c1. The van der Waals surface area contributed by atoms with Crippen molar-refractivity contribution in [2.75, 3.05) is 37.4 Å². The number of nitro groups is 3. The summed E-state index contributed by atoms with van der Waals surface area (Å²) in [7, 11) is 0. The summed E-state index contributed by atoms with van der Waals surface area (Å²) in [5.41, 5.74) is 3.87. The Morgan fingerprint density at radius 2 is 1.58 bits per heavy atom. The molecule has 0 unspecified atom stereocenters. The van der Waals surface area contributed by atoms with Gasteiger partial charge >= 0.3 is 5.69 Å². The summed E-state index contributed by atoms with van der Waals surface area (Å²) in [5.74, 6) is -0.484. The van der Waals surface area contributed by atoms with Gasteiger partial charge in [-0.2, -0.15) is 0 Å². The van der Waals surface area contributed by atoms with Gasteiger partial charge in [0.1, 0.15) is 12.4 Å². The predicted octanol–water partition coefficient (Wildman–Crippen LogP) is 1.16. The molecule has 2 aromatic carbocycles. The average molecular weight is 441 g/mol. The quantitative estimate of drug-likeness (QED) is 0.159. The van der Waals surface area contributed by atoms with Crippen LogP contribution in [0.15, 0.2) is 30.3 Å². The van der Waals surface area contributed by atoms with Gasteiger partial charge in [0.25, 0.3) is 11.4 Å². The van der Waals surface area contributed by atoms with Crippen LogP contribution in [0.5, 0.6) is 11.5 Å². The summed E-state index contributed by atoms with van der Waals surface area (Å²) in [6, 6.07) is 5.61. The van der Waals surface area contributed by atoms with Crippen molar-refractivity contribution in [3.8, 4) is 11.5 Å². The Morgan fingerprint density at radius 3 is 2.10 bits per heavy atom. The molecule has 0 spiro atoms. The number of aliphatic hydroxyl groups excluding tert-OH is 2. The summed E-state index contributed by atoms with van der Waals surface area (Å²) < 4.78 is 5.18. The van der Waals surface area contributed by atoms with Crippen LogP contribution in [0.1, 0.15) is 0 Å². The fourth-order valence-electron chi connectivity index (χ4n) is 2.11. The van der Waals surface area contributed by atoms with Crippen molar-refractivity contribution in [3.63, 3.8) is 0 Å². The predicted molar refractivity (Wildman–Crippen MR) is 107 cm³/mol. The lowest BCUT2D eigenvalue weighted by molar-refractivity contribution is -0.394. The second-order valence-corrected chi connectivity index (χ2v) is 5.58. The summed E-state index contributed by atoms with van der Waals surface area (Å²) in [6.45, 7) is 0.126. The van der Waals surface area contributed by atoms with Crippen LogP contribution in [0, 0.1) is 30.3 Å². The van der Waals surface area contributed by atoms with Crippen LogP contribution in [0.3, 0.4) is 0 Å². The Hall–Kier alpha value is -4.24. The number of nitrogen functional groups attached to an aromatic ring is 1. The van der Waals surface area contributed by atoms with Crippen molar-refractivity contribution < 1.29 is 34.8 Å². The zero-order valence-electron chi connectivity index (χ0n) is 15.8. The number of ether oxygens (including phenoxy) is 1. The Morgan fingerprint density at radius 1 is 0.935 bits per heavy atom. The lowest BCUT2D eigenvalue weighted by Gasteiger charge is -2.11. The maximum Gasteiger partial charge on any atom is 0.319 e. The smallest absolute Gasteiger partial charge is 0.319 e. The number of nitrogens with zero attached hydrogens (tertiary/aromatic N) is 3. The first kappa shape index (κ1) is 24.8. The number of phenolic OH excluding ortho intramolecular Hbond substituents is 1. The molecule has 0 heterocycles. The second kappa shape index (κ2) is 11.7. The number of nitro benzene ring substituents is 3. The highest BCUT2D eigenvalue weighted by Gasteiger charge is 2.22. The van der Waals surface area contributed by atoms with E-state index < -0.39 is 37.6 Å². The first-order chi connectivity index (χ1) is 14.6. The van der Waals surface area contributed by atoms with Gasteiger partial charge in [0.05, 0.1) is 51.5 Å². The van der Waals surface area contributed by atoms with Crippen molar-refractivity contribution >= 4 is 28.4 Å². The number of nitrogens with one attached hydrogen (secondary N) is 1. The molecule has 0 saturated carbocycles. The Kier molecular flexibility index (Phi) is 9.35. The van der Waals surface area contributed by atoms with Gasteiger partial charge in [0.15, 0.2) is 0 Å². The maximum absolute atomic E-state index is 10.6. The van der Waals surface area contributed by atoms with E-state index in [2.05, 4.69) is 5.32 Å². The van der Waals surface area contributed by atoms with Gasteiger partial charge in [0, 0.05) is 18.7 Å². The van der Waals surface area contributed by atoms with Crippen molar-refractivity contribution in [2.24, 2.45) is 0 Å². The molecule has 0 bridgehead atoms. The molecule has 2 aromatic rings. The highest BCUT2D eigenvalue weighted by atomic mass is 16.6. The van der Waals surface area contributed by atoms with E-state index >= 15 is 0 Å². The van der Waals surface area contributed by atoms with Crippen LogP contribution in [0.25, 0.3) is 0 Å². The first-order valence-corrected chi connectivity index (χ1v) is 8.40. The standard InChI is InChI=1S/C10H14N2O5.C6H5N3O5/c13-4-3-11-9-2-1-8(12(15)16)7-10(9)17-6-5-14;7-4-1-3(8(11)12)2-5(6(4)10)9(13)14/h1-2,7,11,13-14H,3-6H2;1-2,10H,7H2. The molecule has 2 rings (SSSR count). The van der Waals surface area contributed by atoms with Crippen LogP contribution >= 0.6 is 0 Å². The third kappa shape index (κ3) is 7.26. The van der Waals surface area contributed by atoms with E-state index in [1.54, 1.807) is 0 Å². The van der Waals surface area contributed by atoms with Crippen molar-refractivity contribution in [1.82, 2.24) is 0 Å². The molecule has 15 heteroatoms. The van der Waals surface area contributed by atoms with Gasteiger partial charge in [-0.15, -0.1) is 0 Å². The molecule has 0 saturated heterocycles. The molecule has 15 nitrogen and oxygen atoms in total. The largest absolute Gasteiger partial charge is 0.501 e. The normalized spacial score (nSPS) is 9.87. The first-order valence-electron chi connectivity index (χ1n) is 8.40. The molecular weight excluding hydrogens is 422 g/mol. The third-order valence-corrected chi connectivity index (χ3v) is 3.46. The molecule has 0 aliphatic rings. The van der Waals surface area contributed by atoms with Crippen LogP contribution in [0.2, 0.25) is 0 Å².